The van der Waals surface area contributed by atoms with Gasteiger partial charge in [0.05, 0.1) is 42.1 Å². The van der Waals surface area contributed by atoms with Gasteiger partial charge in [0.2, 0.25) is 0 Å². The molecule has 0 saturated carbocycles. The minimum atomic E-state index is -1.08. The Balaban J connectivity index is 1.42. The Morgan fingerprint density at radius 2 is 1.94 bits per heavy atom. The largest absolute Gasteiger partial charge is 0.493 e. The van der Waals surface area contributed by atoms with Crippen molar-refractivity contribution >= 4 is 33.5 Å². The van der Waals surface area contributed by atoms with Crippen LogP contribution >= 0.6 is 11.6 Å². The minimum Gasteiger partial charge on any atom is -0.493 e. The molecule has 2 N–H and O–H groups in total. The van der Waals surface area contributed by atoms with Crippen LogP contribution in [0.25, 0.3) is 33.2 Å². The van der Waals surface area contributed by atoms with E-state index in [0.717, 1.165) is 78.2 Å². The molecule has 7 nitrogen and oxygen atoms in total. The topological polar surface area (TPSA) is 79.8 Å². The third-order valence-corrected chi connectivity index (χ3v) is 6.43. The lowest BCUT2D eigenvalue weighted by atomic mass is 10.1. The van der Waals surface area contributed by atoms with Gasteiger partial charge in [-0.05, 0) is 36.8 Å². The first kappa shape index (κ1) is 23.1. The van der Waals surface area contributed by atoms with Crippen LogP contribution in [0.15, 0.2) is 48.5 Å². The lowest BCUT2D eigenvalue weighted by Gasteiger charge is -2.26. The van der Waals surface area contributed by atoms with Crippen LogP contribution in [0, 0.1) is 0 Å². The van der Waals surface area contributed by atoms with Crippen molar-refractivity contribution < 1.29 is 19.3 Å². The van der Waals surface area contributed by atoms with E-state index in [-0.39, 0.29) is 0 Å². The molecule has 1 unspecified atom stereocenters. The van der Waals surface area contributed by atoms with Gasteiger partial charge in [0.25, 0.3) is 0 Å². The number of aliphatic hydroxyl groups is 1. The number of nitrogens with one attached hydrogen (secondary N) is 1. The summed E-state index contributed by atoms with van der Waals surface area (Å²) in [4.78, 5) is 10.7. The fourth-order valence-electron chi connectivity index (χ4n) is 4.34. The zero-order chi connectivity index (χ0) is 23.5. The molecule has 8 heteroatoms. The van der Waals surface area contributed by atoms with Crippen LogP contribution in [0.2, 0.25) is 5.02 Å². The molecule has 0 spiro atoms. The molecule has 0 amide bonds. The summed E-state index contributed by atoms with van der Waals surface area (Å²) < 4.78 is 16.7. The first-order valence-corrected chi connectivity index (χ1v) is 11.9. The molecule has 1 atom stereocenters. The van der Waals surface area contributed by atoms with E-state index in [4.69, 9.17) is 30.8 Å². The highest BCUT2D eigenvalue weighted by Crippen LogP contribution is 2.34. The van der Waals surface area contributed by atoms with Gasteiger partial charge in [-0.15, -0.1) is 0 Å². The van der Waals surface area contributed by atoms with E-state index in [1.54, 1.807) is 0 Å². The van der Waals surface area contributed by atoms with Crippen molar-refractivity contribution in [2.45, 2.75) is 12.7 Å². The highest BCUT2D eigenvalue weighted by atomic mass is 35.5. The first-order chi connectivity index (χ1) is 16.6. The fourth-order valence-corrected chi connectivity index (χ4v) is 4.47. The quantitative estimate of drug-likeness (QED) is 0.278. The molecular formula is C26H28ClN3O4. The third kappa shape index (κ3) is 4.89. The van der Waals surface area contributed by atoms with Gasteiger partial charge in [-0.3, -0.25) is 4.90 Å². The van der Waals surface area contributed by atoms with Gasteiger partial charge in [0.15, 0.2) is 6.29 Å². The predicted octanol–water partition coefficient (Wildman–Crippen LogP) is 4.77. The maximum absolute atomic E-state index is 10.5. The maximum atomic E-state index is 10.5. The molecule has 1 aliphatic heterocycles. The van der Waals surface area contributed by atoms with E-state index < -0.39 is 6.29 Å². The molecule has 3 heterocycles. The molecule has 34 heavy (non-hydrogen) atoms. The molecule has 1 saturated heterocycles. The van der Waals surface area contributed by atoms with E-state index >= 15 is 0 Å². The van der Waals surface area contributed by atoms with Gasteiger partial charge in [-0.2, -0.15) is 0 Å². The maximum Gasteiger partial charge on any atom is 0.183 e. The summed E-state index contributed by atoms with van der Waals surface area (Å²) >= 11 is 6.05. The van der Waals surface area contributed by atoms with E-state index in [9.17, 15) is 5.11 Å². The summed E-state index contributed by atoms with van der Waals surface area (Å²) in [6.45, 7) is 5.25. The number of pyridine rings is 1. The van der Waals surface area contributed by atoms with Crippen molar-refractivity contribution in [2.75, 3.05) is 46.6 Å². The molecule has 2 aromatic heterocycles. The van der Waals surface area contributed by atoms with E-state index in [1.807, 2.05) is 48.5 Å². The number of halogens is 1. The number of ether oxygens (including phenoxy) is 3. The zero-order valence-electron chi connectivity index (χ0n) is 19.1. The average Bonchev–Trinajstić information content (AvgIpc) is 3.24. The molecular weight excluding hydrogens is 454 g/mol. The first-order valence-electron chi connectivity index (χ1n) is 11.5. The summed E-state index contributed by atoms with van der Waals surface area (Å²) in [5.41, 5.74) is 4.68. The molecule has 0 bridgehead atoms. The van der Waals surface area contributed by atoms with Gasteiger partial charge >= 0.3 is 0 Å². The smallest absolute Gasteiger partial charge is 0.183 e. The van der Waals surface area contributed by atoms with Crippen LogP contribution in [0.4, 0.5) is 0 Å². The lowest BCUT2D eigenvalue weighted by molar-refractivity contribution is -0.0759. The third-order valence-electron chi connectivity index (χ3n) is 6.18. The summed E-state index contributed by atoms with van der Waals surface area (Å²) in [6, 6.07) is 15.3. The number of hydrogen-bond acceptors (Lipinski definition) is 6. The predicted molar refractivity (Wildman–Crippen MR) is 133 cm³/mol. The summed E-state index contributed by atoms with van der Waals surface area (Å²) in [5.74, 6) is 0.799. The number of nitrogens with zero attached hydrogens (tertiary/aromatic N) is 2. The molecule has 5 rings (SSSR count). The molecule has 4 aromatic rings. The molecule has 178 valence electrons. The van der Waals surface area contributed by atoms with Crippen molar-refractivity contribution in [3.63, 3.8) is 0 Å². The normalized spacial score (nSPS) is 15.7. The Morgan fingerprint density at radius 3 is 2.71 bits per heavy atom. The molecule has 1 aliphatic rings. The Morgan fingerprint density at radius 1 is 1.15 bits per heavy atom. The highest BCUT2D eigenvalue weighted by molar-refractivity contribution is 6.30. The van der Waals surface area contributed by atoms with Crippen LogP contribution in [0.1, 0.15) is 18.3 Å². The van der Waals surface area contributed by atoms with Gasteiger partial charge in [0.1, 0.15) is 5.75 Å². The van der Waals surface area contributed by atoms with Crippen LogP contribution < -0.4 is 4.74 Å². The Hall–Kier alpha value is -2.68. The number of aromatic amines is 1. The summed E-state index contributed by atoms with van der Waals surface area (Å²) in [6.07, 6.45) is -0.124. The fraction of sp³-hybridized carbons (Fsp3) is 0.346. The number of methoxy groups -OCH3 is 1. The van der Waals surface area contributed by atoms with Crippen molar-refractivity contribution in [1.29, 1.82) is 0 Å². The number of rotatable bonds is 8. The van der Waals surface area contributed by atoms with Gasteiger partial charge < -0.3 is 24.3 Å². The van der Waals surface area contributed by atoms with Gasteiger partial charge in [-0.25, -0.2) is 4.98 Å². The van der Waals surface area contributed by atoms with Crippen LogP contribution in [-0.2, 0) is 9.47 Å². The number of aromatic nitrogens is 2. The number of hydrogen-bond donors (Lipinski definition) is 2. The second-order valence-corrected chi connectivity index (χ2v) is 8.84. The van der Waals surface area contributed by atoms with Crippen LogP contribution in [0.3, 0.4) is 0 Å². The van der Waals surface area contributed by atoms with Crippen molar-refractivity contribution in [3.05, 3.63) is 59.1 Å². The molecule has 0 radical (unpaired) electrons. The number of H-pyrrole nitrogens is 1. The second kappa shape index (κ2) is 10.3. The lowest BCUT2D eigenvalue weighted by Crippen LogP contribution is -2.37. The summed E-state index contributed by atoms with van der Waals surface area (Å²) in [5, 5.41) is 12.2. The van der Waals surface area contributed by atoms with Crippen LogP contribution in [0.5, 0.6) is 5.75 Å². The van der Waals surface area contributed by atoms with E-state index in [1.165, 1.54) is 7.11 Å². The second-order valence-electron chi connectivity index (χ2n) is 8.40. The molecule has 2 aromatic carbocycles. The van der Waals surface area contributed by atoms with E-state index in [2.05, 4.69) is 9.88 Å². The Labute approximate surface area is 203 Å². The van der Waals surface area contributed by atoms with E-state index in [0.29, 0.717) is 17.2 Å². The Kier molecular flexibility index (Phi) is 6.99. The standard InChI is InChI=1S/C26H28ClN3O4/c1-32-26(31)21-16-22(17-3-5-18(27)6-4-17)28-24-20-8-7-19(15-23(20)29-25(21)24)34-12-2-9-30-10-13-33-14-11-30/h3-8,15-16,26,29,31H,2,9-14H2,1H3. The highest BCUT2D eigenvalue weighted by Gasteiger charge is 2.18. The zero-order valence-corrected chi connectivity index (χ0v) is 19.8. The Bertz CT molecular complexity index is 1270. The average molecular weight is 482 g/mol. The molecule has 0 aliphatic carbocycles. The van der Waals surface area contributed by atoms with Crippen LogP contribution in [-0.4, -0.2) is 66.5 Å². The van der Waals surface area contributed by atoms with Gasteiger partial charge in [0, 0.05) is 54.3 Å². The van der Waals surface area contributed by atoms with Gasteiger partial charge in [-0.1, -0.05) is 23.7 Å². The monoisotopic (exact) mass is 481 g/mol. The van der Waals surface area contributed by atoms with Crippen molar-refractivity contribution in [3.8, 4) is 17.0 Å². The molecule has 1 fully saturated rings. The van der Waals surface area contributed by atoms with Crippen molar-refractivity contribution in [2.24, 2.45) is 0 Å². The minimum absolute atomic E-state index is 0.627. The van der Waals surface area contributed by atoms with Crippen molar-refractivity contribution in [1.82, 2.24) is 14.9 Å². The number of benzene rings is 2. The number of aliphatic hydroxyl groups excluding tert-OH is 1. The number of fused-ring (bicyclic) bond motifs is 3. The summed E-state index contributed by atoms with van der Waals surface area (Å²) in [7, 11) is 1.48. The SMILES string of the molecule is COC(O)c1cc(-c2ccc(Cl)cc2)nc2c1[nH]c1cc(OCCCN3CCOCC3)ccc12. The number of morpholine rings is 1.